The number of carbonyl (C=O) groups excluding carboxylic acids is 1. The van der Waals surface area contributed by atoms with Crippen molar-refractivity contribution in [3.63, 3.8) is 0 Å². The Morgan fingerprint density at radius 2 is 1.83 bits per heavy atom. The first-order valence-corrected chi connectivity index (χ1v) is 9.46. The predicted molar refractivity (Wildman–Crippen MR) is 111 cm³/mol. The lowest BCUT2D eigenvalue weighted by Crippen LogP contribution is -2.37. The second-order valence-electron chi connectivity index (χ2n) is 6.89. The number of benzene rings is 2. The molecule has 1 aromatic heterocycles. The van der Waals surface area contributed by atoms with Crippen LogP contribution in [0.5, 0.6) is 11.5 Å². The SMILES string of the molecule is COc1cc2ncn(CC(=O)N[C@@H](C)CCc3ccccc3)c(=O)c2cc1OC. The van der Waals surface area contributed by atoms with Crippen molar-refractivity contribution in [2.24, 2.45) is 0 Å². The number of fused-ring (bicyclic) bond motifs is 1. The molecule has 1 N–H and O–H groups in total. The van der Waals surface area contributed by atoms with Crippen molar-refractivity contribution in [3.8, 4) is 11.5 Å². The highest BCUT2D eigenvalue weighted by atomic mass is 16.5. The number of nitrogens with one attached hydrogen (secondary N) is 1. The highest BCUT2D eigenvalue weighted by molar-refractivity contribution is 5.82. The summed E-state index contributed by atoms with van der Waals surface area (Å²) in [4.78, 5) is 29.5. The Balaban J connectivity index is 1.68. The van der Waals surface area contributed by atoms with E-state index in [0.717, 1.165) is 12.8 Å². The van der Waals surface area contributed by atoms with Crippen molar-refractivity contribution in [2.45, 2.75) is 32.4 Å². The summed E-state index contributed by atoms with van der Waals surface area (Å²) in [6.07, 6.45) is 3.07. The first-order valence-electron chi connectivity index (χ1n) is 9.46. The number of hydrogen-bond donors (Lipinski definition) is 1. The summed E-state index contributed by atoms with van der Waals surface area (Å²) in [5.74, 6) is 0.708. The summed E-state index contributed by atoms with van der Waals surface area (Å²) in [7, 11) is 3.02. The molecule has 0 saturated carbocycles. The normalized spacial score (nSPS) is 11.8. The van der Waals surface area contributed by atoms with Gasteiger partial charge < -0.3 is 14.8 Å². The van der Waals surface area contributed by atoms with Crippen LogP contribution >= 0.6 is 0 Å². The van der Waals surface area contributed by atoms with Crippen LogP contribution in [0.2, 0.25) is 0 Å². The third-order valence-corrected chi connectivity index (χ3v) is 4.76. The van der Waals surface area contributed by atoms with Crippen LogP contribution in [0.3, 0.4) is 0 Å². The summed E-state index contributed by atoms with van der Waals surface area (Å²) in [5, 5.41) is 3.31. The van der Waals surface area contributed by atoms with Crippen LogP contribution in [0, 0.1) is 0 Å². The van der Waals surface area contributed by atoms with Crippen molar-refractivity contribution in [2.75, 3.05) is 14.2 Å². The number of ether oxygens (including phenoxy) is 2. The zero-order valence-electron chi connectivity index (χ0n) is 16.8. The summed E-state index contributed by atoms with van der Waals surface area (Å²) in [5.41, 5.74) is 1.41. The summed E-state index contributed by atoms with van der Waals surface area (Å²) >= 11 is 0. The zero-order valence-corrected chi connectivity index (χ0v) is 16.8. The molecule has 1 amide bonds. The lowest BCUT2D eigenvalue weighted by Gasteiger charge is -2.15. The molecule has 0 radical (unpaired) electrons. The van der Waals surface area contributed by atoms with E-state index in [1.54, 1.807) is 12.1 Å². The Morgan fingerprint density at radius 3 is 2.52 bits per heavy atom. The minimum absolute atomic E-state index is 0.00354. The van der Waals surface area contributed by atoms with E-state index >= 15 is 0 Å². The number of nitrogens with zero attached hydrogens (tertiary/aromatic N) is 2. The average Bonchev–Trinajstić information content (AvgIpc) is 2.74. The summed E-state index contributed by atoms with van der Waals surface area (Å²) < 4.78 is 11.8. The third kappa shape index (κ3) is 4.93. The van der Waals surface area contributed by atoms with Gasteiger partial charge in [0.25, 0.3) is 5.56 Å². The van der Waals surface area contributed by atoms with Gasteiger partial charge in [-0.05, 0) is 31.4 Å². The van der Waals surface area contributed by atoms with Gasteiger partial charge in [-0.1, -0.05) is 30.3 Å². The van der Waals surface area contributed by atoms with Crippen LogP contribution in [0.4, 0.5) is 0 Å². The molecule has 152 valence electrons. The number of carbonyl (C=O) groups is 1. The molecular formula is C22H25N3O4. The topological polar surface area (TPSA) is 82.5 Å². The fraction of sp³-hybridized carbons (Fsp3) is 0.318. The molecule has 0 fully saturated rings. The lowest BCUT2D eigenvalue weighted by atomic mass is 10.1. The van der Waals surface area contributed by atoms with Gasteiger partial charge in [-0.25, -0.2) is 4.98 Å². The van der Waals surface area contributed by atoms with Gasteiger partial charge in [-0.2, -0.15) is 0 Å². The summed E-state index contributed by atoms with van der Waals surface area (Å²) in [6, 6.07) is 13.3. The number of hydrogen-bond acceptors (Lipinski definition) is 5. The quantitative estimate of drug-likeness (QED) is 0.634. The molecule has 29 heavy (non-hydrogen) atoms. The maximum Gasteiger partial charge on any atom is 0.261 e. The first-order chi connectivity index (χ1) is 14.0. The number of amides is 1. The highest BCUT2D eigenvalue weighted by Crippen LogP contribution is 2.29. The van der Waals surface area contributed by atoms with E-state index in [1.165, 1.54) is 30.7 Å². The van der Waals surface area contributed by atoms with Crippen LogP contribution in [0.25, 0.3) is 10.9 Å². The molecule has 0 aliphatic heterocycles. The molecule has 1 atom stereocenters. The number of aromatic nitrogens is 2. The fourth-order valence-corrected chi connectivity index (χ4v) is 3.17. The fourth-order valence-electron chi connectivity index (χ4n) is 3.17. The van der Waals surface area contributed by atoms with E-state index in [1.807, 2.05) is 25.1 Å². The average molecular weight is 395 g/mol. The molecule has 0 aliphatic rings. The second kappa shape index (κ2) is 9.23. The predicted octanol–water partition coefficient (Wildman–Crippen LogP) is 2.55. The van der Waals surface area contributed by atoms with E-state index in [2.05, 4.69) is 22.4 Å². The van der Waals surface area contributed by atoms with Crippen molar-refractivity contribution in [1.29, 1.82) is 0 Å². The smallest absolute Gasteiger partial charge is 0.261 e. The molecule has 3 aromatic rings. The largest absolute Gasteiger partial charge is 0.493 e. The maximum atomic E-state index is 12.8. The molecule has 2 aromatic carbocycles. The highest BCUT2D eigenvalue weighted by Gasteiger charge is 2.14. The van der Waals surface area contributed by atoms with Crippen LogP contribution in [0.15, 0.2) is 53.6 Å². The Labute approximate surface area is 169 Å². The molecule has 0 bridgehead atoms. The number of aryl methyl sites for hydroxylation is 1. The van der Waals surface area contributed by atoms with Gasteiger partial charge in [0, 0.05) is 12.1 Å². The lowest BCUT2D eigenvalue weighted by molar-refractivity contribution is -0.122. The molecular weight excluding hydrogens is 370 g/mol. The van der Waals surface area contributed by atoms with E-state index in [4.69, 9.17) is 9.47 Å². The molecule has 0 saturated heterocycles. The molecule has 0 aliphatic carbocycles. The molecule has 1 heterocycles. The van der Waals surface area contributed by atoms with Crippen LogP contribution in [-0.4, -0.2) is 35.7 Å². The Kier molecular flexibility index (Phi) is 6.49. The van der Waals surface area contributed by atoms with Crippen LogP contribution < -0.4 is 20.3 Å². The summed E-state index contributed by atoms with van der Waals surface area (Å²) in [6.45, 7) is 1.87. The van der Waals surface area contributed by atoms with Gasteiger partial charge in [0.05, 0.1) is 31.4 Å². The van der Waals surface area contributed by atoms with Gasteiger partial charge in [-0.3, -0.25) is 14.2 Å². The van der Waals surface area contributed by atoms with Crippen LogP contribution in [-0.2, 0) is 17.8 Å². The Hall–Kier alpha value is -3.35. The molecule has 0 spiro atoms. The van der Waals surface area contributed by atoms with E-state index in [-0.39, 0.29) is 24.1 Å². The van der Waals surface area contributed by atoms with Gasteiger partial charge in [0.1, 0.15) is 6.54 Å². The molecule has 7 heteroatoms. The van der Waals surface area contributed by atoms with E-state index < -0.39 is 0 Å². The van der Waals surface area contributed by atoms with Gasteiger partial charge in [-0.15, -0.1) is 0 Å². The van der Waals surface area contributed by atoms with Gasteiger partial charge in [0.15, 0.2) is 11.5 Å². The van der Waals surface area contributed by atoms with Gasteiger partial charge >= 0.3 is 0 Å². The minimum Gasteiger partial charge on any atom is -0.493 e. The van der Waals surface area contributed by atoms with E-state index in [9.17, 15) is 9.59 Å². The van der Waals surface area contributed by atoms with Crippen LogP contribution in [0.1, 0.15) is 18.9 Å². The molecule has 7 nitrogen and oxygen atoms in total. The monoisotopic (exact) mass is 395 g/mol. The minimum atomic E-state index is -0.303. The van der Waals surface area contributed by atoms with Crippen molar-refractivity contribution >= 4 is 16.8 Å². The molecule has 0 unspecified atom stereocenters. The number of methoxy groups -OCH3 is 2. The van der Waals surface area contributed by atoms with E-state index in [0.29, 0.717) is 22.4 Å². The zero-order chi connectivity index (χ0) is 20.8. The van der Waals surface area contributed by atoms with Gasteiger partial charge in [0.2, 0.25) is 5.91 Å². The second-order valence-corrected chi connectivity index (χ2v) is 6.89. The van der Waals surface area contributed by atoms with Crippen molar-refractivity contribution in [1.82, 2.24) is 14.9 Å². The van der Waals surface area contributed by atoms with Crippen molar-refractivity contribution < 1.29 is 14.3 Å². The molecule has 3 rings (SSSR count). The number of rotatable bonds is 8. The Bertz CT molecular complexity index is 1050. The van der Waals surface area contributed by atoms with Crippen molar-refractivity contribution in [3.05, 3.63) is 64.7 Å². The maximum absolute atomic E-state index is 12.8. The standard InChI is InChI=1S/C22H25N3O4/c1-15(9-10-16-7-5-4-6-8-16)24-21(26)13-25-14-23-18-12-20(29-3)19(28-2)11-17(18)22(25)27/h4-8,11-12,14-15H,9-10,13H2,1-3H3,(H,24,26)/t15-/m0/s1. The third-order valence-electron chi connectivity index (χ3n) is 4.76. The first kappa shape index (κ1) is 20.4. The Morgan fingerprint density at radius 1 is 1.14 bits per heavy atom.